The van der Waals surface area contributed by atoms with E-state index in [4.69, 9.17) is 0 Å². The van der Waals surface area contributed by atoms with Crippen molar-refractivity contribution in [2.45, 2.75) is 50.9 Å². The molecule has 0 radical (unpaired) electrons. The lowest BCUT2D eigenvalue weighted by atomic mass is 9.87. The molecule has 0 heterocycles. The molecule has 0 aromatic heterocycles. The Labute approximate surface area is 129 Å². The van der Waals surface area contributed by atoms with Gasteiger partial charge in [-0.1, -0.05) is 66.6 Å². The molecular weight excluding hydrogens is 314 g/mol. The quantitative estimate of drug-likeness (QED) is 0.728. The summed E-state index contributed by atoms with van der Waals surface area (Å²) in [4.78, 5) is 12.4. The highest BCUT2D eigenvalue weighted by atomic mass is 79.9. The Kier molecular flexibility index (Phi) is 5.79. The van der Waals surface area contributed by atoms with E-state index in [0.717, 1.165) is 22.9 Å². The number of hydrogen-bond acceptors (Lipinski definition) is 2. The molecule has 1 aromatic rings. The molecule has 2 rings (SSSR count). The lowest BCUT2D eigenvalue weighted by molar-refractivity contribution is -0.120. The second-order valence-electron chi connectivity index (χ2n) is 5.65. The first-order chi connectivity index (χ1) is 9.70. The van der Waals surface area contributed by atoms with Gasteiger partial charge in [0.05, 0.1) is 6.07 Å². The second kappa shape index (κ2) is 7.59. The van der Waals surface area contributed by atoms with Crippen LogP contribution in [-0.2, 0) is 4.79 Å². The van der Waals surface area contributed by atoms with Crippen molar-refractivity contribution in [1.29, 1.82) is 5.26 Å². The summed E-state index contributed by atoms with van der Waals surface area (Å²) in [5.41, 5.74) is 0.806. The van der Waals surface area contributed by atoms with Crippen LogP contribution in [-0.4, -0.2) is 5.78 Å². The van der Waals surface area contributed by atoms with Crippen molar-refractivity contribution in [3.63, 3.8) is 0 Å². The third-order valence-electron chi connectivity index (χ3n) is 4.10. The summed E-state index contributed by atoms with van der Waals surface area (Å²) in [7, 11) is 0. The van der Waals surface area contributed by atoms with Gasteiger partial charge in [0.1, 0.15) is 5.92 Å². The number of benzene rings is 1. The van der Waals surface area contributed by atoms with Gasteiger partial charge in [-0.2, -0.15) is 5.26 Å². The fourth-order valence-electron chi connectivity index (χ4n) is 2.99. The molecule has 0 amide bonds. The second-order valence-corrected chi connectivity index (χ2v) is 6.56. The maximum atomic E-state index is 12.4. The predicted molar refractivity (Wildman–Crippen MR) is 83.3 cm³/mol. The molecule has 3 heteroatoms. The van der Waals surface area contributed by atoms with E-state index in [1.165, 1.54) is 25.7 Å². The van der Waals surface area contributed by atoms with Crippen LogP contribution in [0.3, 0.4) is 0 Å². The van der Waals surface area contributed by atoms with Gasteiger partial charge in [0, 0.05) is 10.9 Å². The molecular formula is C17H20BrNO. The molecule has 1 atom stereocenters. The molecule has 20 heavy (non-hydrogen) atoms. The maximum absolute atomic E-state index is 12.4. The van der Waals surface area contributed by atoms with Crippen LogP contribution in [0.15, 0.2) is 28.7 Å². The SMILES string of the molecule is N#CC(C(=O)CC1CCCCCC1)c1cccc(Br)c1. The summed E-state index contributed by atoms with van der Waals surface area (Å²) in [6, 6.07) is 9.71. The summed E-state index contributed by atoms with van der Waals surface area (Å²) in [6.07, 6.45) is 7.88. The molecule has 0 spiro atoms. The number of nitriles is 1. The third-order valence-corrected chi connectivity index (χ3v) is 4.59. The van der Waals surface area contributed by atoms with E-state index in [1.807, 2.05) is 24.3 Å². The van der Waals surface area contributed by atoms with Gasteiger partial charge in [0.25, 0.3) is 0 Å². The zero-order valence-corrected chi connectivity index (χ0v) is 13.2. The number of carbonyl (C=O) groups excluding carboxylic acids is 1. The third kappa shape index (κ3) is 4.18. The van der Waals surface area contributed by atoms with E-state index >= 15 is 0 Å². The number of carbonyl (C=O) groups is 1. The Morgan fingerprint density at radius 2 is 2.00 bits per heavy atom. The molecule has 0 bridgehead atoms. The van der Waals surface area contributed by atoms with Gasteiger partial charge < -0.3 is 0 Å². The molecule has 106 valence electrons. The maximum Gasteiger partial charge on any atom is 0.154 e. The number of Topliss-reactive ketones (excluding diaryl/α,β-unsaturated/α-hetero) is 1. The Hall–Kier alpha value is -1.14. The molecule has 0 saturated heterocycles. The normalized spacial score (nSPS) is 18.0. The van der Waals surface area contributed by atoms with Crippen LogP contribution in [0, 0.1) is 17.2 Å². The summed E-state index contributed by atoms with van der Waals surface area (Å²) in [5, 5.41) is 9.34. The van der Waals surface area contributed by atoms with Crippen molar-refractivity contribution in [3.05, 3.63) is 34.3 Å². The lowest BCUT2D eigenvalue weighted by Gasteiger charge is -2.15. The van der Waals surface area contributed by atoms with Crippen LogP contribution in [0.5, 0.6) is 0 Å². The fraction of sp³-hybridized carbons (Fsp3) is 0.529. The van der Waals surface area contributed by atoms with Gasteiger partial charge in [0.2, 0.25) is 0 Å². The van der Waals surface area contributed by atoms with Gasteiger partial charge in [-0.3, -0.25) is 4.79 Å². The van der Waals surface area contributed by atoms with Gasteiger partial charge >= 0.3 is 0 Å². The minimum atomic E-state index is -0.615. The van der Waals surface area contributed by atoms with E-state index in [0.29, 0.717) is 12.3 Å². The van der Waals surface area contributed by atoms with Crippen LogP contribution < -0.4 is 0 Å². The molecule has 1 saturated carbocycles. The molecule has 1 fully saturated rings. The summed E-state index contributed by atoms with van der Waals surface area (Å²) in [6.45, 7) is 0. The molecule has 2 nitrogen and oxygen atoms in total. The van der Waals surface area contributed by atoms with Gasteiger partial charge in [-0.05, 0) is 23.6 Å². The Morgan fingerprint density at radius 3 is 2.60 bits per heavy atom. The van der Waals surface area contributed by atoms with E-state index in [1.54, 1.807) is 0 Å². The molecule has 1 aliphatic rings. The number of ketones is 1. The molecule has 1 unspecified atom stereocenters. The van der Waals surface area contributed by atoms with Crippen molar-refractivity contribution < 1.29 is 4.79 Å². The van der Waals surface area contributed by atoms with Crippen LogP contribution in [0.25, 0.3) is 0 Å². The summed E-state index contributed by atoms with van der Waals surface area (Å²) < 4.78 is 0.914. The van der Waals surface area contributed by atoms with Crippen molar-refractivity contribution in [2.24, 2.45) is 5.92 Å². The van der Waals surface area contributed by atoms with Crippen LogP contribution in [0.2, 0.25) is 0 Å². The number of nitrogens with zero attached hydrogens (tertiary/aromatic N) is 1. The smallest absolute Gasteiger partial charge is 0.154 e. The fourth-order valence-corrected chi connectivity index (χ4v) is 3.41. The predicted octanol–water partition coefficient (Wildman–Crippen LogP) is 4.99. The molecule has 0 N–H and O–H groups in total. The minimum absolute atomic E-state index is 0.0810. The number of rotatable bonds is 4. The summed E-state index contributed by atoms with van der Waals surface area (Å²) in [5.74, 6) is -0.0544. The zero-order valence-electron chi connectivity index (χ0n) is 11.6. The number of halogens is 1. The largest absolute Gasteiger partial charge is 0.298 e. The van der Waals surface area contributed by atoms with Gasteiger partial charge in [-0.15, -0.1) is 0 Å². The zero-order chi connectivity index (χ0) is 14.4. The van der Waals surface area contributed by atoms with Crippen molar-refractivity contribution in [1.82, 2.24) is 0 Å². The Bertz CT molecular complexity index is 498. The standard InChI is InChI=1S/C17H20BrNO/c18-15-9-5-8-14(11-15)16(12-19)17(20)10-13-6-3-1-2-4-7-13/h5,8-9,11,13,16H,1-4,6-7,10H2. The van der Waals surface area contributed by atoms with Crippen LogP contribution in [0.4, 0.5) is 0 Å². The first-order valence-electron chi connectivity index (χ1n) is 7.38. The van der Waals surface area contributed by atoms with Gasteiger partial charge in [0.15, 0.2) is 5.78 Å². The van der Waals surface area contributed by atoms with Gasteiger partial charge in [-0.25, -0.2) is 0 Å². The average molecular weight is 334 g/mol. The molecule has 0 aliphatic heterocycles. The topological polar surface area (TPSA) is 40.9 Å². The molecule has 1 aromatic carbocycles. The molecule has 1 aliphatic carbocycles. The highest BCUT2D eigenvalue weighted by Crippen LogP contribution is 2.29. The first kappa shape index (κ1) is 15.3. The number of hydrogen-bond donors (Lipinski definition) is 0. The average Bonchev–Trinajstić information content (AvgIpc) is 2.68. The van der Waals surface area contributed by atoms with E-state index < -0.39 is 5.92 Å². The highest BCUT2D eigenvalue weighted by Gasteiger charge is 2.24. The van der Waals surface area contributed by atoms with E-state index in [-0.39, 0.29) is 5.78 Å². The van der Waals surface area contributed by atoms with Crippen LogP contribution in [0.1, 0.15) is 56.4 Å². The van der Waals surface area contributed by atoms with E-state index in [2.05, 4.69) is 22.0 Å². The first-order valence-corrected chi connectivity index (χ1v) is 8.18. The van der Waals surface area contributed by atoms with E-state index in [9.17, 15) is 10.1 Å². The van der Waals surface area contributed by atoms with Crippen molar-refractivity contribution in [2.75, 3.05) is 0 Å². The van der Waals surface area contributed by atoms with Crippen molar-refractivity contribution in [3.8, 4) is 6.07 Å². The monoisotopic (exact) mass is 333 g/mol. The Balaban J connectivity index is 2.04. The highest BCUT2D eigenvalue weighted by molar-refractivity contribution is 9.10. The summed E-state index contributed by atoms with van der Waals surface area (Å²) >= 11 is 3.40. The minimum Gasteiger partial charge on any atom is -0.298 e. The van der Waals surface area contributed by atoms with Crippen LogP contribution >= 0.6 is 15.9 Å². The lowest BCUT2D eigenvalue weighted by Crippen LogP contribution is -2.15. The van der Waals surface area contributed by atoms with Crippen molar-refractivity contribution >= 4 is 21.7 Å². The Morgan fingerprint density at radius 1 is 1.30 bits per heavy atom.